The molecule has 10 nitrogen and oxygen atoms in total. The second-order valence-corrected chi connectivity index (χ2v) is 10.2. The van der Waals surface area contributed by atoms with Crippen LogP contribution in [0.1, 0.15) is 38.5 Å². The molecule has 37 heavy (non-hydrogen) atoms. The highest BCUT2D eigenvalue weighted by molar-refractivity contribution is 5.71. The number of benzene rings is 1. The van der Waals surface area contributed by atoms with E-state index in [1.807, 2.05) is 6.07 Å². The number of aromatic nitrogens is 5. The van der Waals surface area contributed by atoms with Gasteiger partial charge in [0.2, 0.25) is 0 Å². The third-order valence-electron chi connectivity index (χ3n) is 7.71. The molecular formula is C26H28FN7O3. The standard InChI is InChI=1S/C26H28FN7O3/c27-23-18-3-1-2-15(30-18)11-20(23)34(16-5-6-16)22-13-28-24(33-32-22)17-7-4-14(10-21(17)35)19-12-29-25-26(31-19)37-9-8-36-25/h4,7,10,12-13,15-16,18,20,23,30,35H,1-3,5-6,8-9,11H2/t15-,18-,20+,23-/m0/s1. The van der Waals surface area contributed by atoms with E-state index in [2.05, 4.69) is 35.4 Å². The number of nitrogens with one attached hydrogen (secondary N) is 1. The second kappa shape index (κ2) is 9.05. The van der Waals surface area contributed by atoms with Crippen LogP contribution in [-0.2, 0) is 0 Å². The van der Waals surface area contributed by atoms with Crippen molar-refractivity contribution in [1.82, 2.24) is 30.5 Å². The van der Waals surface area contributed by atoms with Crippen LogP contribution in [0.3, 0.4) is 0 Å². The predicted octanol–water partition coefficient (Wildman–Crippen LogP) is 3.06. The highest BCUT2D eigenvalue weighted by Crippen LogP contribution is 2.39. The minimum Gasteiger partial charge on any atom is -0.507 e. The molecular weight excluding hydrogens is 477 g/mol. The molecule has 3 fully saturated rings. The molecule has 0 unspecified atom stereocenters. The van der Waals surface area contributed by atoms with Gasteiger partial charge in [0.1, 0.15) is 25.1 Å². The van der Waals surface area contributed by atoms with Gasteiger partial charge in [-0.1, -0.05) is 12.5 Å². The van der Waals surface area contributed by atoms with E-state index < -0.39 is 6.17 Å². The second-order valence-electron chi connectivity index (χ2n) is 10.2. The number of alkyl halides is 1. The monoisotopic (exact) mass is 505 g/mol. The summed E-state index contributed by atoms with van der Waals surface area (Å²) < 4.78 is 26.4. The highest BCUT2D eigenvalue weighted by atomic mass is 19.1. The number of nitrogens with zero attached hydrogens (tertiary/aromatic N) is 6. The molecule has 2 N–H and O–H groups in total. The van der Waals surface area contributed by atoms with Gasteiger partial charge in [0.25, 0.3) is 11.8 Å². The topological polar surface area (TPSA) is 118 Å². The molecule has 0 amide bonds. The SMILES string of the molecule is Oc1cc(-c2cnc3c(n2)OCCO3)ccc1-c1ncc(N(C2CC2)[C@@H]2C[C@@H]3CCC[C@H](N3)[C@@H]2F)nn1. The molecule has 0 radical (unpaired) electrons. The van der Waals surface area contributed by atoms with Gasteiger partial charge < -0.3 is 24.8 Å². The van der Waals surface area contributed by atoms with Crippen LogP contribution in [0.4, 0.5) is 10.2 Å². The Hall–Kier alpha value is -3.60. The third kappa shape index (κ3) is 4.20. The minimum absolute atomic E-state index is 0.00205. The van der Waals surface area contributed by atoms with Crippen molar-refractivity contribution in [3.05, 3.63) is 30.6 Å². The summed E-state index contributed by atoms with van der Waals surface area (Å²) in [5.74, 6) is 1.60. The molecule has 5 heterocycles. The Labute approximate surface area is 213 Å². The molecule has 7 rings (SSSR count). The zero-order valence-electron chi connectivity index (χ0n) is 20.3. The highest BCUT2D eigenvalue weighted by Gasteiger charge is 2.46. The largest absolute Gasteiger partial charge is 0.507 e. The molecule has 11 heteroatoms. The van der Waals surface area contributed by atoms with Crippen molar-refractivity contribution >= 4 is 5.82 Å². The number of halogens is 1. The van der Waals surface area contributed by atoms with Crippen LogP contribution >= 0.6 is 0 Å². The Bertz CT molecular complexity index is 1310. The van der Waals surface area contributed by atoms with Gasteiger partial charge in [-0.2, -0.15) is 0 Å². The maximum Gasteiger partial charge on any atom is 0.278 e. The lowest BCUT2D eigenvalue weighted by molar-refractivity contribution is 0.104. The summed E-state index contributed by atoms with van der Waals surface area (Å²) in [5.41, 5.74) is 1.67. The average Bonchev–Trinajstić information content (AvgIpc) is 3.77. The Morgan fingerprint density at radius 1 is 1.00 bits per heavy atom. The predicted molar refractivity (Wildman–Crippen MR) is 132 cm³/mol. The lowest BCUT2D eigenvalue weighted by atomic mass is 9.82. The van der Waals surface area contributed by atoms with Crippen LogP contribution in [-0.4, -0.2) is 73.8 Å². The van der Waals surface area contributed by atoms with Crippen LogP contribution in [0.15, 0.2) is 30.6 Å². The first-order valence-electron chi connectivity index (χ1n) is 13.0. The number of hydrogen-bond acceptors (Lipinski definition) is 10. The number of piperidine rings is 2. The number of aromatic hydroxyl groups is 1. The maximum atomic E-state index is 15.5. The number of phenols is 1. The summed E-state index contributed by atoms with van der Waals surface area (Å²) in [6.07, 6.45) is 8.16. The molecule has 2 bridgehead atoms. The van der Waals surface area contributed by atoms with Crippen LogP contribution in [0.5, 0.6) is 17.5 Å². The fourth-order valence-electron chi connectivity index (χ4n) is 5.79. The van der Waals surface area contributed by atoms with E-state index in [0.29, 0.717) is 59.5 Å². The molecule has 2 aromatic heterocycles. The van der Waals surface area contributed by atoms with E-state index in [9.17, 15) is 5.11 Å². The van der Waals surface area contributed by atoms with Gasteiger partial charge in [-0.05, 0) is 44.2 Å². The maximum absolute atomic E-state index is 15.5. The van der Waals surface area contributed by atoms with E-state index in [4.69, 9.17) is 9.47 Å². The van der Waals surface area contributed by atoms with Gasteiger partial charge in [0, 0.05) is 23.7 Å². The zero-order valence-corrected chi connectivity index (χ0v) is 20.3. The van der Waals surface area contributed by atoms with Gasteiger partial charge in [0.05, 0.1) is 29.7 Å². The molecule has 4 atom stereocenters. The smallest absolute Gasteiger partial charge is 0.278 e. The summed E-state index contributed by atoms with van der Waals surface area (Å²) in [6.45, 7) is 0.855. The fourth-order valence-corrected chi connectivity index (χ4v) is 5.79. The van der Waals surface area contributed by atoms with E-state index in [1.54, 1.807) is 24.5 Å². The van der Waals surface area contributed by atoms with E-state index in [-0.39, 0.29) is 23.9 Å². The molecule has 192 valence electrons. The minimum atomic E-state index is -0.945. The van der Waals surface area contributed by atoms with Crippen molar-refractivity contribution in [2.45, 2.75) is 68.9 Å². The van der Waals surface area contributed by atoms with Crippen LogP contribution < -0.4 is 19.7 Å². The molecule has 1 saturated carbocycles. The molecule has 1 aliphatic carbocycles. The summed E-state index contributed by atoms with van der Waals surface area (Å²) in [6, 6.07) is 5.45. The molecule has 3 aromatic rings. The van der Waals surface area contributed by atoms with Crippen molar-refractivity contribution in [3.63, 3.8) is 0 Å². The number of fused-ring (bicyclic) bond motifs is 3. The van der Waals surface area contributed by atoms with Crippen LogP contribution in [0, 0.1) is 0 Å². The average molecular weight is 506 g/mol. The summed E-state index contributed by atoms with van der Waals surface area (Å²) in [5, 5.41) is 23.0. The Morgan fingerprint density at radius 3 is 2.65 bits per heavy atom. The molecule has 3 aliphatic heterocycles. The lowest BCUT2D eigenvalue weighted by Gasteiger charge is -2.47. The number of phenolic OH excluding ortho intramolecular Hbond substituents is 1. The third-order valence-corrected chi connectivity index (χ3v) is 7.71. The number of anilines is 1. The van der Waals surface area contributed by atoms with E-state index in [1.165, 1.54) is 0 Å². The number of rotatable bonds is 5. The Balaban J connectivity index is 1.13. The van der Waals surface area contributed by atoms with E-state index >= 15 is 4.39 Å². The van der Waals surface area contributed by atoms with Gasteiger partial charge in [0.15, 0.2) is 11.6 Å². The van der Waals surface area contributed by atoms with Gasteiger partial charge >= 0.3 is 0 Å². The van der Waals surface area contributed by atoms with Crippen molar-refractivity contribution in [1.29, 1.82) is 0 Å². The summed E-state index contributed by atoms with van der Waals surface area (Å²) in [7, 11) is 0. The van der Waals surface area contributed by atoms with Crippen LogP contribution in [0.2, 0.25) is 0 Å². The number of ether oxygens (including phenoxy) is 2. The van der Waals surface area contributed by atoms with Crippen molar-refractivity contribution in [3.8, 4) is 40.2 Å². The summed E-state index contributed by atoms with van der Waals surface area (Å²) >= 11 is 0. The van der Waals surface area contributed by atoms with E-state index in [0.717, 1.165) is 38.5 Å². The molecule has 1 aromatic carbocycles. The molecule has 0 spiro atoms. The first-order valence-corrected chi connectivity index (χ1v) is 13.0. The van der Waals surface area contributed by atoms with Crippen molar-refractivity contribution in [2.75, 3.05) is 18.1 Å². The normalized spacial score (nSPS) is 26.5. The van der Waals surface area contributed by atoms with Crippen molar-refractivity contribution < 1.29 is 19.0 Å². The van der Waals surface area contributed by atoms with Crippen LogP contribution in [0.25, 0.3) is 22.6 Å². The summed E-state index contributed by atoms with van der Waals surface area (Å²) in [4.78, 5) is 15.3. The molecule has 2 saturated heterocycles. The van der Waals surface area contributed by atoms with Gasteiger partial charge in [-0.3, -0.25) is 0 Å². The van der Waals surface area contributed by atoms with Gasteiger partial charge in [-0.15, -0.1) is 10.2 Å². The quantitative estimate of drug-likeness (QED) is 0.536. The number of hydrogen-bond donors (Lipinski definition) is 2. The molecule has 4 aliphatic rings. The first-order chi connectivity index (χ1) is 18.1. The fraction of sp³-hybridized carbons (Fsp3) is 0.500. The van der Waals surface area contributed by atoms with Gasteiger partial charge in [-0.25, -0.2) is 19.3 Å². The first kappa shape index (κ1) is 22.6. The Morgan fingerprint density at radius 2 is 1.86 bits per heavy atom. The zero-order chi connectivity index (χ0) is 24.9. The lowest BCUT2D eigenvalue weighted by Crippen LogP contribution is -2.62. The Kier molecular flexibility index (Phi) is 5.53. The van der Waals surface area contributed by atoms with Crippen molar-refractivity contribution in [2.24, 2.45) is 0 Å².